The quantitative estimate of drug-likeness (QED) is 0.696. The van der Waals surface area contributed by atoms with Gasteiger partial charge in [0.15, 0.2) is 8.32 Å². The SMILES string of the molecule is CCC(=O)C1(C(CC(=O)O)O[Si](C)(C)CC)CCC1. The van der Waals surface area contributed by atoms with Crippen LogP contribution in [0.15, 0.2) is 0 Å². The maximum Gasteiger partial charge on any atom is 0.305 e. The van der Waals surface area contributed by atoms with Crippen LogP contribution in [0.5, 0.6) is 0 Å². The minimum Gasteiger partial charge on any atom is -0.481 e. The van der Waals surface area contributed by atoms with Gasteiger partial charge in [0, 0.05) is 6.42 Å². The monoisotopic (exact) mass is 286 g/mol. The molecule has 0 heterocycles. The number of rotatable bonds is 8. The summed E-state index contributed by atoms with van der Waals surface area (Å²) in [5.41, 5.74) is -0.521. The second-order valence-corrected chi connectivity index (χ2v) is 10.6. The summed E-state index contributed by atoms with van der Waals surface area (Å²) in [4.78, 5) is 23.4. The average molecular weight is 286 g/mol. The van der Waals surface area contributed by atoms with Crippen LogP contribution in [-0.4, -0.2) is 31.3 Å². The van der Waals surface area contributed by atoms with Crippen molar-refractivity contribution in [1.29, 1.82) is 0 Å². The van der Waals surface area contributed by atoms with E-state index < -0.39 is 25.8 Å². The normalized spacial score (nSPS) is 19.6. The molecule has 0 radical (unpaired) electrons. The molecule has 0 saturated heterocycles. The Morgan fingerprint density at radius 3 is 2.21 bits per heavy atom. The summed E-state index contributed by atoms with van der Waals surface area (Å²) in [6, 6.07) is 0.930. The number of Topliss-reactive ketones (excluding diaryl/α,β-unsaturated/α-hetero) is 1. The molecule has 4 nitrogen and oxygen atoms in total. The van der Waals surface area contributed by atoms with Gasteiger partial charge < -0.3 is 9.53 Å². The van der Waals surface area contributed by atoms with Crippen molar-refractivity contribution in [2.75, 3.05) is 0 Å². The summed E-state index contributed by atoms with van der Waals surface area (Å²) in [7, 11) is -1.87. The highest BCUT2D eigenvalue weighted by Crippen LogP contribution is 2.48. The molecule has 1 aliphatic rings. The zero-order chi connectivity index (χ0) is 14.7. The third-order valence-electron chi connectivity index (χ3n) is 4.41. The third kappa shape index (κ3) is 3.66. The molecular weight excluding hydrogens is 260 g/mol. The van der Waals surface area contributed by atoms with Gasteiger partial charge in [-0.2, -0.15) is 0 Å². The van der Waals surface area contributed by atoms with Crippen LogP contribution in [0.3, 0.4) is 0 Å². The molecule has 1 rings (SSSR count). The number of hydrogen-bond donors (Lipinski definition) is 1. The number of carboxylic acids is 1. The van der Waals surface area contributed by atoms with E-state index in [4.69, 9.17) is 9.53 Å². The number of hydrogen-bond acceptors (Lipinski definition) is 3. The van der Waals surface area contributed by atoms with E-state index in [-0.39, 0.29) is 12.2 Å². The fraction of sp³-hybridized carbons (Fsp3) is 0.857. The van der Waals surface area contributed by atoms with Gasteiger partial charge in [-0.1, -0.05) is 20.3 Å². The predicted octanol–water partition coefficient (Wildman–Crippen LogP) is 3.22. The van der Waals surface area contributed by atoms with E-state index in [1.54, 1.807) is 0 Å². The van der Waals surface area contributed by atoms with Crippen LogP contribution in [0, 0.1) is 5.41 Å². The highest BCUT2D eigenvalue weighted by molar-refractivity contribution is 6.71. The Balaban J connectivity index is 2.95. The Hall–Kier alpha value is -0.683. The molecule has 0 aliphatic heterocycles. The summed E-state index contributed by atoms with van der Waals surface area (Å²) in [6.07, 6.45) is 2.54. The Bertz CT molecular complexity index is 347. The average Bonchev–Trinajstić information content (AvgIpc) is 2.25. The van der Waals surface area contributed by atoms with Crippen LogP contribution < -0.4 is 0 Å². The van der Waals surface area contributed by atoms with E-state index in [1.165, 1.54) is 0 Å². The molecular formula is C14H26O4Si. The lowest BCUT2D eigenvalue weighted by Crippen LogP contribution is -2.53. The predicted molar refractivity (Wildman–Crippen MR) is 76.7 cm³/mol. The van der Waals surface area contributed by atoms with Crippen molar-refractivity contribution >= 4 is 20.1 Å². The molecule has 0 aromatic rings. The molecule has 0 aromatic carbocycles. The van der Waals surface area contributed by atoms with Gasteiger partial charge in [0.1, 0.15) is 5.78 Å². The first-order chi connectivity index (χ1) is 8.77. The number of carboxylic acid groups (broad SMARTS) is 1. The molecule has 5 heteroatoms. The van der Waals surface area contributed by atoms with Gasteiger partial charge in [0.05, 0.1) is 17.9 Å². The number of ketones is 1. The lowest BCUT2D eigenvalue weighted by atomic mass is 9.61. The summed E-state index contributed by atoms with van der Waals surface area (Å²) in [6.45, 7) is 8.09. The molecule has 19 heavy (non-hydrogen) atoms. The van der Waals surface area contributed by atoms with E-state index in [0.29, 0.717) is 6.42 Å². The molecule has 110 valence electrons. The number of carbonyl (C=O) groups is 2. The Labute approximate surface area is 116 Å². The van der Waals surface area contributed by atoms with Crippen molar-refractivity contribution in [3.05, 3.63) is 0 Å². The van der Waals surface area contributed by atoms with Crippen LogP contribution >= 0.6 is 0 Å². The van der Waals surface area contributed by atoms with Crippen molar-refractivity contribution in [3.63, 3.8) is 0 Å². The molecule has 1 saturated carbocycles. The van der Waals surface area contributed by atoms with Crippen molar-refractivity contribution in [2.45, 2.75) is 71.2 Å². The molecule has 1 unspecified atom stereocenters. The van der Waals surface area contributed by atoms with E-state index in [9.17, 15) is 9.59 Å². The number of aliphatic carboxylic acids is 1. The van der Waals surface area contributed by atoms with Gasteiger partial charge >= 0.3 is 5.97 Å². The first-order valence-corrected chi connectivity index (χ1v) is 10.3. The molecule has 0 amide bonds. The Morgan fingerprint density at radius 1 is 1.32 bits per heavy atom. The van der Waals surface area contributed by atoms with Crippen LogP contribution in [0.25, 0.3) is 0 Å². The van der Waals surface area contributed by atoms with Crippen molar-refractivity contribution in [2.24, 2.45) is 5.41 Å². The maximum atomic E-state index is 12.3. The van der Waals surface area contributed by atoms with Crippen LogP contribution in [-0.2, 0) is 14.0 Å². The minimum absolute atomic E-state index is 0.0534. The molecule has 1 fully saturated rings. The van der Waals surface area contributed by atoms with E-state index >= 15 is 0 Å². The largest absolute Gasteiger partial charge is 0.481 e. The van der Waals surface area contributed by atoms with Gasteiger partial charge in [0.2, 0.25) is 0 Å². The van der Waals surface area contributed by atoms with Crippen molar-refractivity contribution in [3.8, 4) is 0 Å². The minimum atomic E-state index is -1.87. The fourth-order valence-corrected chi connectivity index (χ4v) is 3.91. The summed E-state index contributed by atoms with van der Waals surface area (Å²) < 4.78 is 6.17. The van der Waals surface area contributed by atoms with E-state index in [1.807, 2.05) is 6.92 Å². The van der Waals surface area contributed by atoms with Gasteiger partial charge in [-0.15, -0.1) is 0 Å². The first kappa shape index (κ1) is 16.4. The molecule has 1 N–H and O–H groups in total. The summed E-state index contributed by atoms with van der Waals surface area (Å²) in [5.74, 6) is -0.702. The Kier molecular flexibility index (Phi) is 5.32. The lowest BCUT2D eigenvalue weighted by molar-refractivity contribution is -0.150. The van der Waals surface area contributed by atoms with Crippen molar-refractivity contribution in [1.82, 2.24) is 0 Å². The maximum absolute atomic E-state index is 12.3. The van der Waals surface area contributed by atoms with Gasteiger partial charge in [-0.05, 0) is 32.0 Å². The van der Waals surface area contributed by atoms with Gasteiger partial charge in [-0.3, -0.25) is 9.59 Å². The van der Waals surface area contributed by atoms with Crippen LogP contribution in [0.4, 0.5) is 0 Å². The molecule has 1 aliphatic carbocycles. The highest BCUT2D eigenvalue weighted by atomic mass is 28.4. The highest BCUT2D eigenvalue weighted by Gasteiger charge is 2.51. The van der Waals surface area contributed by atoms with E-state index in [2.05, 4.69) is 20.0 Å². The number of carbonyl (C=O) groups excluding carboxylic acids is 1. The van der Waals surface area contributed by atoms with E-state index in [0.717, 1.165) is 25.3 Å². The second kappa shape index (κ2) is 6.18. The Morgan fingerprint density at radius 2 is 1.89 bits per heavy atom. The summed E-state index contributed by atoms with van der Waals surface area (Å²) >= 11 is 0. The standard InChI is InChI=1S/C14H26O4Si/c1-5-11(15)14(8-7-9-14)12(10-13(16)17)18-19(3,4)6-2/h12H,5-10H2,1-4H3,(H,16,17). The van der Waals surface area contributed by atoms with Gasteiger partial charge in [0.25, 0.3) is 0 Å². The smallest absolute Gasteiger partial charge is 0.305 e. The lowest BCUT2D eigenvalue weighted by Gasteiger charge is -2.48. The van der Waals surface area contributed by atoms with Crippen molar-refractivity contribution < 1.29 is 19.1 Å². The molecule has 0 spiro atoms. The third-order valence-corrected chi connectivity index (χ3v) is 7.04. The zero-order valence-corrected chi connectivity index (χ0v) is 13.5. The zero-order valence-electron chi connectivity index (χ0n) is 12.5. The fourth-order valence-electron chi connectivity index (χ4n) is 2.67. The first-order valence-electron chi connectivity index (χ1n) is 7.20. The molecule has 0 aromatic heterocycles. The summed E-state index contributed by atoms with van der Waals surface area (Å²) in [5, 5.41) is 9.12. The second-order valence-electron chi connectivity index (χ2n) is 6.10. The van der Waals surface area contributed by atoms with Gasteiger partial charge in [-0.25, -0.2) is 0 Å². The topological polar surface area (TPSA) is 63.6 Å². The van der Waals surface area contributed by atoms with Crippen LogP contribution in [0.1, 0.15) is 46.0 Å². The van der Waals surface area contributed by atoms with Crippen LogP contribution in [0.2, 0.25) is 19.1 Å². The molecule has 1 atom stereocenters. The molecule has 0 bridgehead atoms.